The van der Waals surface area contributed by atoms with Crippen LogP contribution in [0.25, 0.3) is 0 Å². The molecule has 1 aliphatic carbocycles. The van der Waals surface area contributed by atoms with Crippen molar-refractivity contribution in [1.29, 1.82) is 0 Å². The first-order valence-corrected chi connectivity index (χ1v) is 6.34. The molecular weight excluding hydrogens is 188 g/mol. The van der Waals surface area contributed by atoms with Gasteiger partial charge in [0.15, 0.2) is 0 Å². The molecule has 0 saturated heterocycles. The van der Waals surface area contributed by atoms with Crippen LogP contribution in [-0.2, 0) is 10.0 Å². The summed E-state index contributed by atoms with van der Waals surface area (Å²) in [6.45, 7) is 0.208. The lowest BCUT2D eigenvalue weighted by Crippen LogP contribution is -2.38. The van der Waals surface area contributed by atoms with Crippen molar-refractivity contribution in [2.75, 3.05) is 19.3 Å². The molecule has 5 heteroatoms. The summed E-state index contributed by atoms with van der Waals surface area (Å²) in [4.78, 5) is 0. The first-order chi connectivity index (χ1) is 6.08. The Hall–Kier alpha value is -0.130. The molecular formula is C8H18N2O2S. The first kappa shape index (κ1) is 10.9. The average Bonchev–Trinajstić information content (AvgIpc) is 2.54. The number of hydrogen-bond donors (Lipinski definition) is 1. The molecule has 0 heterocycles. The number of nitrogens with two attached hydrogens (primary N) is 1. The average molecular weight is 206 g/mol. The summed E-state index contributed by atoms with van der Waals surface area (Å²) in [5.74, 6) is 0.0694. The standard InChI is InChI=1S/C8H18N2O2S/c1-10(8-4-2-3-5-8)13(11,12)7-6-9/h8H,2-7,9H2,1H3. The molecule has 0 aromatic rings. The van der Waals surface area contributed by atoms with Crippen LogP contribution in [0.5, 0.6) is 0 Å². The van der Waals surface area contributed by atoms with Crippen molar-refractivity contribution in [1.82, 2.24) is 4.31 Å². The van der Waals surface area contributed by atoms with Gasteiger partial charge in [-0.15, -0.1) is 0 Å². The van der Waals surface area contributed by atoms with Crippen LogP contribution >= 0.6 is 0 Å². The van der Waals surface area contributed by atoms with Gasteiger partial charge in [0, 0.05) is 19.6 Å². The minimum Gasteiger partial charge on any atom is -0.329 e. The van der Waals surface area contributed by atoms with Crippen molar-refractivity contribution in [3.63, 3.8) is 0 Å². The van der Waals surface area contributed by atoms with Gasteiger partial charge in [0.1, 0.15) is 0 Å². The van der Waals surface area contributed by atoms with Crippen molar-refractivity contribution in [2.45, 2.75) is 31.7 Å². The molecule has 0 aromatic carbocycles. The van der Waals surface area contributed by atoms with E-state index < -0.39 is 10.0 Å². The predicted octanol–water partition coefficient (Wildman–Crippen LogP) is 0.149. The quantitative estimate of drug-likeness (QED) is 0.712. The van der Waals surface area contributed by atoms with E-state index in [0.29, 0.717) is 0 Å². The second-order valence-electron chi connectivity index (χ2n) is 3.56. The molecule has 2 N–H and O–H groups in total. The van der Waals surface area contributed by atoms with Gasteiger partial charge < -0.3 is 5.73 Å². The van der Waals surface area contributed by atoms with Gasteiger partial charge in [-0.3, -0.25) is 0 Å². The summed E-state index contributed by atoms with van der Waals surface area (Å²) in [5.41, 5.74) is 5.25. The van der Waals surface area contributed by atoms with E-state index in [1.807, 2.05) is 0 Å². The van der Waals surface area contributed by atoms with Crippen LogP contribution in [0, 0.1) is 0 Å². The van der Waals surface area contributed by atoms with Crippen LogP contribution < -0.4 is 5.73 Å². The van der Waals surface area contributed by atoms with E-state index in [0.717, 1.165) is 25.7 Å². The van der Waals surface area contributed by atoms with Gasteiger partial charge in [-0.25, -0.2) is 12.7 Å². The van der Waals surface area contributed by atoms with Crippen molar-refractivity contribution < 1.29 is 8.42 Å². The highest BCUT2D eigenvalue weighted by Gasteiger charge is 2.27. The number of nitrogens with zero attached hydrogens (tertiary/aromatic N) is 1. The second kappa shape index (κ2) is 4.39. The summed E-state index contributed by atoms with van der Waals surface area (Å²) < 4.78 is 24.6. The Kier molecular flexibility index (Phi) is 3.70. The fraction of sp³-hybridized carbons (Fsp3) is 1.00. The van der Waals surface area contributed by atoms with Crippen LogP contribution in [0.1, 0.15) is 25.7 Å². The van der Waals surface area contributed by atoms with Crippen molar-refractivity contribution >= 4 is 10.0 Å². The van der Waals surface area contributed by atoms with Gasteiger partial charge in [-0.1, -0.05) is 12.8 Å². The Morgan fingerprint density at radius 2 is 1.92 bits per heavy atom. The number of sulfonamides is 1. The van der Waals surface area contributed by atoms with E-state index >= 15 is 0 Å². The van der Waals surface area contributed by atoms with E-state index in [2.05, 4.69) is 0 Å². The van der Waals surface area contributed by atoms with E-state index in [1.165, 1.54) is 4.31 Å². The minimum atomic E-state index is -3.09. The van der Waals surface area contributed by atoms with Crippen LogP contribution in [0.15, 0.2) is 0 Å². The fourth-order valence-corrected chi connectivity index (χ4v) is 3.04. The van der Waals surface area contributed by atoms with Crippen LogP contribution in [0.2, 0.25) is 0 Å². The third-order valence-corrected chi connectivity index (χ3v) is 4.58. The summed E-state index contributed by atoms with van der Waals surface area (Å²) in [6, 6.07) is 0.219. The lowest BCUT2D eigenvalue weighted by Gasteiger charge is -2.23. The first-order valence-electron chi connectivity index (χ1n) is 4.73. The molecule has 4 nitrogen and oxygen atoms in total. The molecule has 0 amide bonds. The van der Waals surface area contributed by atoms with Gasteiger partial charge in [0.25, 0.3) is 0 Å². The van der Waals surface area contributed by atoms with Crippen molar-refractivity contribution in [3.05, 3.63) is 0 Å². The summed E-state index contributed by atoms with van der Waals surface area (Å²) in [5, 5.41) is 0. The molecule has 0 aliphatic heterocycles. The zero-order chi connectivity index (χ0) is 9.90. The third-order valence-electron chi connectivity index (χ3n) is 2.65. The van der Waals surface area contributed by atoms with E-state index in [9.17, 15) is 8.42 Å². The molecule has 0 atom stereocenters. The van der Waals surface area contributed by atoms with Crippen LogP contribution in [0.4, 0.5) is 0 Å². The number of hydrogen-bond acceptors (Lipinski definition) is 3. The second-order valence-corrected chi connectivity index (χ2v) is 5.71. The lowest BCUT2D eigenvalue weighted by molar-refractivity contribution is 0.373. The molecule has 1 saturated carbocycles. The molecule has 13 heavy (non-hydrogen) atoms. The molecule has 0 unspecified atom stereocenters. The molecule has 0 radical (unpaired) electrons. The molecule has 1 aliphatic rings. The molecule has 1 fully saturated rings. The SMILES string of the molecule is CN(C1CCCC1)S(=O)(=O)CCN. The smallest absolute Gasteiger partial charge is 0.215 e. The maximum Gasteiger partial charge on any atom is 0.215 e. The van der Waals surface area contributed by atoms with Crippen LogP contribution in [0.3, 0.4) is 0 Å². The van der Waals surface area contributed by atoms with Crippen LogP contribution in [-0.4, -0.2) is 38.1 Å². The zero-order valence-corrected chi connectivity index (χ0v) is 8.89. The monoisotopic (exact) mass is 206 g/mol. The van der Waals surface area contributed by atoms with Gasteiger partial charge in [0.05, 0.1) is 5.75 Å². The van der Waals surface area contributed by atoms with Crippen molar-refractivity contribution in [3.8, 4) is 0 Å². The topological polar surface area (TPSA) is 63.4 Å². The Balaban J connectivity index is 2.59. The summed E-state index contributed by atoms with van der Waals surface area (Å²) in [6.07, 6.45) is 4.29. The third kappa shape index (κ3) is 2.65. The Labute approximate surface area is 80.1 Å². The Morgan fingerprint density at radius 3 is 2.38 bits per heavy atom. The molecule has 1 rings (SSSR count). The highest BCUT2D eigenvalue weighted by molar-refractivity contribution is 7.89. The molecule has 0 aromatic heterocycles. The maximum atomic E-state index is 11.6. The van der Waals surface area contributed by atoms with Gasteiger partial charge in [-0.05, 0) is 12.8 Å². The summed E-state index contributed by atoms with van der Waals surface area (Å²) >= 11 is 0. The summed E-state index contributed by atoms with van der Waals surface area (Å²) in [7, 11) is -1.42. The maximum absolute atomic E-state index is 11.6. The largest absolute Gasteiger partial charge is 0.329 e. The van der Waals surface area contributed by atoms with Crippen molar-refractivity contribution in [2.24, 2.45) is 5.73 Å². The molecule has 78 valence electrons. The number of rotatable bonds is 4. The van der Waals surface area contributed by atoms with E-state index in [1.54, 1.807) is 7.05 Å². The highest BCUT2D eigenvalue weighted by atomic mass is 32.2. The lowest BCUT2D eigenvalue weighted by atomic mass is 10.3. The zero-order valence-electron chi connectivity index (χ0n) is 8.07. The normalized spacial score (nSPS) is 19.9. The predicted molar refractivity (Wildman–Crippen MR) is 52.9 cm³/mol. The highest BCUT2D eigenvalue weighted by Crippen LogP contribution is 2.24. The van der Waals surface area contributed by atoms with E-state index in [4.69, 9.17) is 5.73 Å². The Bertz CT molecular complexity index is 245. The molecule has 0 spiro atoms. The van der Waals surface area contributed by atoms with Gasteiger partial charge in [-0.2, -0.15) is 0 Å². The Morgan fingerprint density at radius 1 is 1.38 bits per heavy atom. The molecule has 0 bridgehead atoms. The fourth-order valence-electron chi connectivity index (χ4n) is 1.79. The van der Waals surface area contributed by atoms with E-state index in [-0.39, 0.29) is 18.3 Å². The van der Waals surface area contributed by atoms with Gasteiger partial charge >= 0.3 is 0 Å². The minimum absolute atomic E-state index is 0.0694. The van der Waals surface area contributed by atoms with Gasteiger partial charge in [0.2, 0.25) is 10.0 Å².